The van der Waals surface area contributed by atoms with Crippen LogP contribution in [0.3, 0.4) is 0 Å². The molecule has 4 rings (SSSR count). The largest absolute Gasteiger partial charge is 0.497 e. The quantitative estimate of drug-likeness (QED) is 0.399. The van der Waals surface area contributed by atoms with E-state index in [1.54, 1.807) is 36.2 Å². The van der Waals surface area contributed by atoms with E-state index in [1.807, 2.05) is 48.5 Å². The minimum Gasteiger partial charge on any atom is -0.497 e. The highest BCUT2D eigenvalue weighted by atomic mass is 79.9. The fourth-order valence-corrected chi connectivity index (χ4v) is 4.20. The van der Waals surface area contributed by atoms with Crippen molar-refractivity contribution < 1.29 is 14.3 Å². The first-order valence-corrected chi connectivity index (χ1v) is 10.8. The zero-order valence-electron chi connectivity index (χ0n) is 16.3. The van der Waals surface area contributed by atoms with Crippen molar-refractivity contribution in [3.05, 3.63) is 87.2 Å². The van der Waals surface area contributed by atoms with Crippen LogP contribution in [0.15, 0.2) is 76.7 Å². The van der Waals surface area contributed by atoms with Gasteiger partial charge in [0, 0.05) is 11.8 Å². The molecule has 0 spiro atoms. The van der Waals surface area contributed by atoms with Gasteiger partial charge in [-0.05, 0) is 52.3 Å². The maximum absolute atomic E-state index is 13.0. The molecule has 2 heterocycles. The lowest BCUT2D eigenvalue weighted by molar-refractivity contribution is 0.0849. The normalized spacial score (nSPS) is 10.5. The number of para-hydroxylation sites is 1. The number of aromatic nitrogens is 2. The van der Waals surface area contributed by atoms with Crippen molar-refractivity contribution in [3.8, 4) is 22.7 Å². The molecule has 0 radical (unpaired) electrons. The van der Waals surface area contributed by atoms with Crippen molar-refractivity contribution in [2.75, 3.05) is 7.11 Å². The molecule has 0 atom stereocenters. The summed E-state index contributed by atoms with van der Waals surface area (Å²) in [4.78, 5) is 25.7. The average molecular weight is 497 g/mol. The van der Waals surface area contributed by atoms with E-state index in [0.717, 1.165) is 9.47 Å². The minimum atomic E-state index is -0.482. The summed E-state index contributed by atoms with van der Waals surface area (Å²) in [6.07, 6.45) is 1.63. The maximum Gasteiger partial charge on any atom is 0.279 e. The molecule has 0 aliphatic heterocycles. The number of hydrogen-bond acceptors (Lipinski definition) is 5. The summed E-state index contributed by atoms with van der Waals surface area (Å²) in [5.74, 6) is -0.235. The Balaban J connectivity index is 1.65. The summed E-state index contributed by atoms with van der Waals surface area (Å²) in [7, 11) is 1.58. The number of thiophene rings is 1. The van der Waals surface area contributed by atoms with Crippen molar-refractivity contribution in [2.24, 2.45) is 0 Å². The molecule has 4 aromatic rings. The number of hydrazine groups is 1. The number of carbonyl (C=O) groups excluding carboxylic acids is 2. The number of nitrogens with zero attached hydrogens (tertiary/aromatic N) is 2. The molecule has 2 aromatic heterocycles. The van der Waals surface area contributed by atoms with E-state index in [9.17, 15) is 9.59 Å². The molecule has 2 N–H and O–H groups in total. The van der Waals surface area contributed by atoms with E-state index < -0.39 is 11.8 Å². The van der Waals surface area contributed by atoms with Crippen molar-refractivity contribution >= 4 is 39.1 Å². The summed E-state index contributed by atoms with van der Waals surface area (Å²) in [5, 5.41) is 4.62. The summed E-state index contributed by atoms with van der Waals surface area (Å²) < 4.78 is 7.76. The van der Waals surface area contributed by atoms with Crippen molar-refractivity contribution in [2.45, 2.75) is 0 Å². The fourth-order valence-electron chi connectivity index (χ4n) is 2.92. The Morgan fingerprint density at radius 1 is 1.00 bits per heavy atom. The van der Waals surface area contributed by atoms with E-state index in [4.69, 9.17) is 4.74 Å². The van der Waals surface area contributed by atoms with Crippen molar-refractivity contribution in [1.29, 1.82) is 0 Å². The van der Waals surface area contributed by atoms with E-state index in [2.05, 4.69) is 31.9 Å². The van der Waals surface area contributed by atoms with Gasteiger partial charge in [-0.3, -0.25) is 20.4 Å². The Bertz CT molecular complexity index is 1240. The molecule has 0 saturated heterocycles. The molecule has 7 nitrogen and oxygen atoms in total. The Hall–Kier alpha value is -3.43. The molecule has 156 valence electrons. The predicted molar refractivity (Wildman–Crippen MR) is 123 cm³/mol. The summed E-state index contributed by atoms with van der Waals surface area (Å²) >= 11 is 4.59. The summed E-state index contributed by atoms with van der Waals surface area (Å²) in [6, 6.07) is 20.2. The number of hydrogen-bond donors (Lipinski definition) is 2. The zero-order chi connectivity index (χ0) is 21.8. The van der Waals surface area contributed by atoms with Gasteiger partial charge in [0.25, 0.3) is 11.8 Å². The highest BCUT2D eigenvalue weighted by molar-refractivity contribution is 9.11. The first-order valence-electron chi connectivity index (χ1n) is 9.20. The average Bonchev–Trinajstić information content (AvgIpc) is 3.45. The first-order chi connectivity index (χ1) is 15.0. The number of carbonyl (C=O) groups is 2. The molecule has 0 unspecified atom stereocenters. The number of amides is 2. The lowest BCUT2D eigenvalue weighted by Crippen LogP contribution is -2.41. The molecule has 0 aliphatic carbocycles. The molecule has 31 heavy (non-hydrogen) atoms. The van der Waals surface area contributed by atoms with Gasteiger partial charge in [0.05, 0.1) is 27.0 Å². The number of benzene rings is 2. The van der Waals surface area contributed by atoms with E-state index in [1.165, 1.54) is 11.3 Å². The predicted octanol–water partition coefficient (Wildman–Crippen LogP) is 4.45. The van der Waals surface area contributed by atoms with Crippen LogP contribution in [0.4, 0.5) is 0 Å². The van der Waals surface area contributed by atoms with Crippen LogP contribution < -0.4 is 15.6 Å². The monoisotopic (exact) mass is 496 g/mol. The molecule has 0 aliphatic rings. The summed E-state index contributed by atoms with van der Waals surface area (Å²) in [6.45, 7) is 0. The van der Waals surface area contributed by atoms with Crippen molar-refractivity contribution in [1.82, 2.24) is 20.6 Å². The van der Waals surface area contributed by atoms with Crippen LogP contribution in [-0.4, -0.2) is 28.7 Å². The third kappa shape index (κ3) is 4.68. The van der Waals surface area contributed by atoms with Crippen LogP contribution in [0.25, 0.3) is 16.9 Å². The fraction of sp³-hybridized carbons (Fsp3) is 0.0455. The molecule has 0 fully saturated rings. The summed E-state index contributed by atoms with van der Waals surface area (Å²) in [5.41, 5.74) is 7.22. The molecule has 0 saturated carbocycles. The highest BCUT2D eigenvalue weighted by Crippen LogP contribution is 2.27. The lowest BCUT2D eigenvalue weighted by atomic mass is 10.1. The Morgan fingerprint density at radius 3 is 2.48 bits per heavy atom. The minimum absolute atomic E-state index is 0.310. The van der Waals surface area contributed by atoms with Gasteiger partial charge < -0.3 is 4.74 Å². The Kier molecular flexibility index (Phi) is 6.15. The standard InChI is InChI=1S/C22H17BrN4O3S/c1-30-16-9-5-6-14(12-16)20-17(13-27(26-20)15-7-3-2-4-8-15)21(28)24-25-22(29)18-10-11-19(23)31-18/h2-13H,1H3,(H,24,28)(H,25,29). The Labute approximate surface area is 190 Å². The third-order valence-corrected chi connectivity index (χ3v) is 6.03. The second kappa shape index (κ2) is 9.15. The van der Waals surface area contributed by atoms with Gasteiger partial charge in [-0.1, -0.05) is 30.3 Å². The van der Waals surface area contributed by atoms with Crippen molar-refractivity contribution in [3.63, 3.8) is 0 Å². The number of halogens is 1. The molecule has 2 amide bonds. The second-order valence-corrected chi connectivity index (χ2v) is 8.88. The van der Waals surface area contributed by atoms with Gasteiger partial charge in [0.15, 0.2) is 0 Å². The van der Waals surface area contributed by atoms with Gasteiger partial charge >= 0.3 is 0 Å². The second-order valence-electron chi connectivity index (χ2n) is 6.42. The van der Waals surface area contributed by atoms with Gasteiger partial charge in [0.2, 0.25) is 0 Å². The SMILES string of the molecule is COc1cccc(-c2nn(-c3ccccc3)cc2C(=O)NNC(=O)c2ccc(Br)s2)c1. The highest BCUT2D eigenvalue weighted by Gasteiger charge is 2.20. The number of methoxy groups -OCH3 is 1. The van der Waals surface area contributed by atoms with Crippen LogP contribution in [-0.2, 0) is 0 Å². The molecule has 9 heteroatoms. The van der Waals surface area contributed by atoms with Crippen LogP contribution >= 0.6 is 27.3 Å². The lowest BCUT2D eigenvalue weighted by Gasteiger charge is -2.07. The molecular weight excluding hydrogens is 480 g/mol. The smallest absolute Gasteiger partial charge is 0.279 e. The van der Waals surface area contributed by atoms with Gasteiger partial charge in [0.1, 0.15) is 11.4 Å². The molecule has 0 bridgehead atoms. The van der Waals surface area contributed by atoms with Gasteiger partial charge in [-0.15, -0.1) is 11.3 Å². The topological polar surface area (TPSA) is 85.2 Å². The van der Waals surface area contributed by atoms with Gasteiger partial charge in [-0.2, -0.15) is 5.10 Å². The van der Waals surface area contributed by atoms with E-state index in [-0.39, 0.29) is 0 Å². The van der Waals surface area contributed by atoms with Crippen LogP contribution in [0.2, 0.25) is 0 Å². The van der Waals surface area contributed by atoms with Crippen LogP contribution in [0.5, 0.6) is 5.75 Å². The van der Waals surface area contributed by atoms with E-state index >= 15 is 0 Å². The van der Waals surface area contributed by atoms with Crippen LogP contribution in [0, 0.1) is 0 Å². The molecular formula is C22H17BrN4O3S. The van der Waals surface area contributed by atoms with Crippen LogP contribution in [0.1, 0.15) is 20.0 Å². The maximum atomic E-state index is 13.0. The first kappa shape index (κ1) is 20.8. The number of nitrogens with one attached hydrogen (secondary N) is 2. The van der Waals surface area contributed by atoms with Gasteiger partial charge in [-0.25, -0.2) is 4.68 Å². The third-order valence-electron chi connectivity index (χ3n) is 4.41. The molecule has 2 aromatic carbocycles. The Morgan fingerprint density at radius 2 is 1.77 bits per heavy atom. The van der Waals surface area contributed by atoms with E-state index in [0.29, 0.717) is 27.4 Å². The number of ether oxygens (including phenoxy) is 1. The number of rotatable bonds is 5. The zero-order valence-corrected chi connectivity index (χ0v) is 18.7.